The minimum atomic E-state index is 0.0369. The Hall–Kier alpha value is -2.68. The lowest BCUT2D eigenvalue weighted by atomic mass is 9.84. The van der Waals surface area contributed by atoms with Crippen molar-refractivity contribution in [2.75, 3.05) is 0 Å². The van der Waals surface area contributed by atoms with Crippen LogP contribution in [0.1, 0.15) is 52.7 Å². The molecule has 0 spiro atoms. The van der Waals surface area contributed by atoms with Crippen LogP contribution in [0.25, 0.3) is 38.1 Å². The lowest BCUT2D eigenvalue weighted by molar-refractivity contribution is 0.593. The highest BCUT2D eigenvalue weighted by atomic mass is 14.9. The molecule has 0 aliphatic carbocycles. The summed E-state index contributed by atoms with van der Waals surface area (Å²) < 4.78 is 2.37. The van der Waals surface area contributed by atoms with E-state index < -0.39 is 0 Å². The molecule has 136 valence electrons. The van der Waals surface area contributed by atoms with E-state index in [1.807, 2.05) is 24.8 Å². The van der Waals surface area contributed by atoms with Crippen molar-refractivity contribution in [2.45, 2.75) is 52.4 Å². The molecule has 0 amide bonds. The van der Waals surface area contributed by atoms with Gasteiger partial charge in [-0.3, -0.25) is 9.97 Å². The summed E-state index contributed by atoms with van der Waals surface area (Å²) in [6, 6.07) is 6.70. The predicted molar refractivity (Wildman–Crippen MR) is 114 cm³/mol. The van der Waals surface area contributed by atoms with Crippen LogP contribution in [0.3, 0.4) is 0 Å². The maximum absolute atomic E-state index is 4.61. The van der Waals surface area contributed by atoms with Gasteiger partial charge in [-0.2, -0.15) is 0 Å². The van der Waals surface area contributed by atoms with Crippen LogP contribution >= 0.6 is 0 Å². The first-order valence-electron chi connectivity index (χ1n) is 9.60. The van der Waals surface area contributed by atoms with Crippen molar-refractivity contribution in [1.82, 2.24) is 14.4 Å². The fourth-order valence-corrected chi connectivity index (χ4v) is 4.50. The molecular weight excluding hydrogens is 330 g/mol. The maximum Gasteiger partial charge on any atom is 0.0728 e. The van der Waals surface area contributed by atoms with Crippen LogP contribution < -0.4 is 0 Å². The molecule has 0 unspecified atom stereocenters. The van der Waals surface area contributed by atoms with Gasteiger partial charge in [0.25, 0.3) is 0 Å². The highest BCUT2D eigenvalue weighted by Crippen LogP contribution is 2.44. The van der Waals surface area contributed by atoms with Crippen LogP contribution in [-0.2, 0) is 10.8 Å². The zero-order valence-electron chi connectivity index (χ0n) is 16.9. The molecule has 5 rings (SSSR count). The van der Waals surface area contributed by atoms with Crippen LogP contribution in [0, 0.1) is 0 Å². The van der Waals surface area contributed by atoms with Crippen molar-refractivity contribution in [1.29, 1.82) is 0 Å². The second-order valence-electron chi connectivity index (χ2n) is 9.70. The van der Waals surface area contributed by atoms with Crippen LogP contribution in [0.5, 0.6) is 0 Å². The maximum atomic E-state index is 4.61. The average molecular weight is 355 g/mol. The van der Waals surface area contributed by atoms with Gasteiger partial charge in [-0.1, -0.05) is 59.7 Å². The van der Waals surface area contributed by atoms with Gasteiger partial charge in [-0.05, 0) is 22.0 Å². The fraction of sp³-hybridized carbons (Fsp3) is 0.333. The van der Waals surface area contributed by atoms with Gasteiger partial charge in [0.1, 0.15) is 0 Å². The van der Waals surface area contributed by atoms with Gasteiger partial charge in [0.2, 0.25) is 0 Å². The Balaban J connectivity index is 2.12. The van der Waals surface area contributed by atoms with E-state index in [0.717, 1.165) is 0 Å². The highest BCUT2D eigenvalue weighted by molar-refractivity contribution is 6.24. The molecule has 0 atom stereocenters. The lowest BCUT2D eigenvalue weighted by Crippen LogP contribution is -2.12. The monoisotopic (exact) mass is 355 g/mol. The molecule has 3 nitrogen and oxygen atoms in total. The molecule has 0 N–H and O–H groups in total. The van der Waals surface area contributed by atoms with E-state index in [1.165, 1.54) is 49.2 Å². The highest BCUT2D eigenvalue weighted by Gasteiger charge is 2.26. The van der Waals surface area contributed by atoms with Gasteiger partial charge in [0, 0.05) is 33.9 Å². The van der Waals surface area contributed by atoms with Crippen molar-refractivity contribution in [3.05, 3.63) is 54.1 Å². The Morgan fingerprint density at radius 2 is 1.11 bits per heavy atom. The summed E-state index contributed by atoms with van der Waals surface area (Å²) in [5, 5.41) is 5.26. The van der Waals surface area contributed by atoms with E-state index in [0.29, 0.717) is 0 Å². The first kappa shape index (κ1) is 16.5. The summed E-state index contributed by atoms with van der Waals surface area (Å²) in [7, 11) is 0. The standard InChI is InChI=1S/C24H25N3/c1-23(2,3)16-10-25-12-18-20(16)14-8-7-9-15-21-17(24(4,5)6)11-26-13-19(21)27(18)22(14)15/h7-13H,1-6H3. The third kappa shape index (κ3) is 2.08. The van der Waals surface area contributed by atoms with E-state index >= 15 is 0 Å². The average Bonchev–Trinajstić information content (AvgIpc) is 3.11. The Labute approximate surface area is 159 Å². The van der Waals surface area contributed by atoms with E-state index in [2.05, 4.69) is 74.1 Å². The minimum absolute atomic E-state index is 0.0369. The number of aromatic nitrogens is 3. The Kier molecular flexibility index (Phi) is 3.04. The summed E-state index contributed by atoms with van der Waals surface area (Å²) in [6.45, 7) is 13.6. The van der Waals surface area contributed by atoms with Crippen molar-refractivity contribution in [3.63, 3.8) is 0 Å². The molecule has 0 aliphatic rings. The molecule has 4 heterocycles. The Bertz CT molecular complexity index is 1230. The summed E-state index contributed by atoms with van der Waals surface area (Å²) in [5.74, 6) is 0. The number of pyridine rings is 2. The largest absolute Gasteiger partial charge is 0.305 e. The van der Waals surface area contributed by atoms with E-state index in [4.69, 9.17) is 0 Å². The third-order valence-electron chi connectivity index (χ3n) is 5.75. The van der Waals surface area contributed by atoms with E-state index in [9.17, 15) is 0 Å². The number of benzene rings is 1. The van der Waals surface area contributed by atoms with Crippen molar-refractivity contribution >= 4 is 38.1 Å². The van der Waals surface area contributed by atoms with E-state index in [1.54, 1.807) is 0 Å². The molecule has 0 radical (unpaired) electrons. The van der Waals surface area contributed by atoms with Crippen molar-refractivity contribution in [2.24, 2.45) is 0 Å². The molecule has 27 heavy (non-hydrogen) atoms. The molecule has 1 aromatic carbocycles. The number of rotatable bonds is 0. The molecule has 0 fully saturated rings. The summed E-state index contributed by atoms with van der Waals surface area (Å²) in [6.07, 6.45) is 8.08. The number of fused-ring (bicyclic) bond motifs is 6. The van der Waals surface area contributed by atoms with E-state index in [-0.39, 0.29) is 10.8 Å². The summed E-state index contributed by atoms with van der Waals surface area (Å²) in [4.78, 5) is 9.22. The number of nitrogens with zero attached hydrogens (tertiary/aromatic N) is 3. The molecular formula is C24H25N3. The van der Waals surface area contributed by atoms with Crippen LogP contribution in [0.4, 0.5) is 0 Å². The van der Waals surface area contributed by atoms with Crippen LogP contribution in [0.15, 0.2) is 43.0 Å². The summed E-state index contributed by atoms with van der Waals surface area (Å²) >= 11 is 0. The van der Waals surface area contributed by atoms with Gasteiger partial charge in [-0.25, -0.2) is 0 Å². The quantitative estimate of drug-likeness (QED) is 0.330. The first-order valence-corrected chi connectivity index (χ1v) is 9.60. The second kappa shape index (κ2) is 4.98. The smallest absolute Gasteiger partial charge is 0.0728 e. The number of para-hydroxylation sites is 1. The zero-order valence-corrected chi connectivity index (χ0v) is 16.9. The number of hydrogen-bond acceptors (Lipinski definition) is 2. The third-order valence-corrected chi connectivity index (χ3v) is 5.75. The van der Waals surface area contributed by atoms with Crippen molar-refractivity contribution < 1.29 is 0 Å². The molecule has 0 saturated heterocycles. The van der Waals surface area contributed by atoms with Gasteiger partial charge in [-0.15, -0.1) is 0 Å². The molecule has 3 heteroatoms. The van der Waals surface area contributed by atoms with Crippen LogP contribution in [-0.4, -0.2) is 14.4 Å². The molecule has 0 aliphatic heterocycles. The summed E-state index contributed by atoms with van der Waals surface area (Å²) in [5.41, 5.74) is 6.31. The van der Waals surface area contributed by atoms with Gasteiger partial charge in [0.15, 0.2) is 0 Å². The SMILES string of the molecule is CC(C)(C)c1cncc2c1c1cccc3c4c(C(C)(C)C)cncc4n2c13. The van der Waals surface area contributed by atoms with Gasteiger partial charge >= 0.3 is 0 Å². The Morgan fingerprint density at radius 3 is 1.52 bits per heavy atom. The molecule has 5 aromatic rings. The van der Waals surface area contributed by atoms with Gasteiger partial charge < -0.3 is 4.40 Å². The zero-order chi connectivity index (χ0) is 19.1. The topological polar surface area (TPSA) is 30.2 Å². The number of hydrogen-bond donors (Lipinski definition) is 0. The minimum Gasteiger partial charge on any atom is -0.305 e. The van der Waals surface area contributed by atoms with Crippen molar-refractivity contribution in [3.8, 4) is 0 Å². The fourth-order valence-electron chi connectivity index (χ4n) is 4.50. The molecule has 0 bridgehead atoms. The molecule has 0 saturated carbocycles. The van der Waals surface area contributed by atoms with Crippen LogP contribution in [0.2, 0.25) is 0 Å². The first-order chi connectivity index (χ1) is 12.7. The normalized spacial score (nSPS) is 13.6. The molecule has 4 aromatic heterocycles. The Morgan fingerprint density at radius 1 is 0.667 bits per heavy atom. The second-order valence-corrected chi connectivity index (χ2v) is 9.70. The predicted octanol–water partition coefficient (Wildman–Crippen LogP) is 6.22. The van der Waals surface area contributed by atoms with Gasteiger partial charge in [0.05, 0.1) is 28.9 Å². The lowest BCUT2D eigenvalue weighted by Gasteiger charge is -2.21.